The third-order valence-corrected chi connectivity index (χ3v) is 7.63. The van der Waals surface area contributed by atoms with E-state index >= 15 is 0 Å². The summed E-state index contributed by atoms with van der Waals surface area (Å²) in [5, 5.41) is 14.0. The van der Waals surface area contributed by atoms with Gasteiger partial charge in [0.1, 0.15) is 0 Å². The largest absolute Gasteiger partial charge is 0.393 e. The highest BCUT2D eigenvalue weighted by Crippen LogP contribution is 2.64. The molecule has 4 aliphatic rings. The second-order valence-corrected chi connectivity index (χ2v) is 8.47. The van der Waals surface area contributed by atoms with Crippen molar-refractivity contribution in [2.24, 2.45) is 39.5 Å². The molecule has 0 heterocycles. The lowest BCUT2D eigenvalue weighted by molar-refractivity contribution is -0.0209. The van der Waals surface area contributed by atoms with Gasteiger partial charge in [0, 0.05) is 13.9 Å². The summed E-state index contributed by atoms with van der Waals surface area (Å²) in [6.07, 6.45) is 7.32. The molecule has 3 heteroatoms. The van der Waals surface area contributed by atoms with Gasteiger partial charge < -0.3 is 10.9 Å². The first kappa shape index (κ1) is 12.6. The minimum atomic E-state index is -1.36. The van der Waals surface area contributed by atoms with Crippen LogP contribution in [0.2, 0.25) is 0 Å². The summed E-state index contributed by atoms with van der Waals surface area (Å²) in [5.74, 6) is 7.08. The number of aliphatic hydroxyl groups is 1. The summed E-state index contributed by atoms with van der Waals surface area (Å²) in [5.41, 5.74) is 2.06. The zero-order chi connectivity index (χ0) is 17.3. The summed E-state index contributed by atoms with van der Waals surface area (Å²) < 4.78 is 16.9. The molecule has 0 radical (unpaired) electrons. The molecule has 3 fully saturated rings. The number of fused-ring (bicyclic) bond motifs is 5. The number of allylic oxidation sites excluding steroid dienone is 1. The molecule has 0 amide bonds. The molecule has 0 aromatic heterocycles. The van der Waals surface area contributed by atoms with Gasteiger partial charge in [0.2, 0.25) is 0 Å². The Bertz CT molecular complexity index is 616. The van der Waals surface area contributed by atoms with Gasteiger partial charge in [-0.3, -0.25) is 0 Å². The van der Waals surface area contributed by atoms with Gasteiger partial charge in [-0.05, 0) is 74.5 Å². The van der Waals surface area contributed by atoms with E-state index in [4.69, 9.17) is 8.58 Å². The highest BCUT2D eigenvalue weighted by atomic mass is 16.3. The second kappa shape index (κ2) is 4.83. The first-order valence-corrected chi connectivity index (χ1v) is 8.89. The molecule has 0 spiro atoms. The van der Waals surface area contributed by atoms with E-state index in [1.165, 1.54) is 5.57 Å². The van der Waals surface area contributed by atoms with Crippen LogP contribution < -0.4 is 5.84 Å². The molecule has 3 unspecified atom stereocenters. The van der Waals surface area contributed by atoms with Crippen molar-refractivity contribution in [2.45, 2.75) is 71.3 Å². The highest BCUT2D eigenvalue weighted by Gasteiger charge is 2.57. The summed E-state index contributed by atoms with van der Waals surface area (Å²) in [6, 6.07) is 0. The van der Waals surface area contributed by atoms with E-state index in [2.05, 4.69) is 25.0 Å². The maximum atomic E-state index is 10.1. The van der Waals surface area contributed by atoms with Crippen molar-refractivity contribution in [2.75, 3.05) is 0 Å². The molecule has 3 N–H and O–H groups in total. The van der Waals surface area contributed by atoms with Crippen molar-refractivity contribution in [3.63, 3.8) is 0 Å². The maximum Gasteiger partial charge on any atom is 0.0577 e. The van der Waals surface area contributed by atoms with Gasteiger partial charge >= 0.3 is 0 Å². The van der Waals surface area contributed by atoms with Crippen molar-refractivity contribution in [3.8, 4) is 0 Å². The fraction of sp³-hybridized carbons (Fsp3) is 0.842. The van der Waals surface area contributed by atoms with Gasteiger partial charge in [0.05, 0.1) is 6.10 Å². The Kier molecular flexibility index (Phi) is 2.76. The number of nitrogens with two attached hydrogens (primary N) is 1. The highest BCUT2D eigenvalue weighted by molar-refractivity contribution is 5.92. The Morgan fingerprint density at radius 3 is 2.73 bits per heavy atom. The average Bonchev–Trinajstić information content (AvgIpc) is 2.72. The summed E-state index contributed by atoms with van der Waals surface area (Å²) >= 11 is 0. The zero-order valence-corrected chi connectivity index (χ0v) is 13.8. The van der Waals surface area contributed by atoms with Gasteiger partial charge in [-0.1, -0.05) is 25.5 Å². The molecular formula is C19H30N2O. The number of hydrogen-bond donors (Lipinski definition) is 2. The van der Waals surface area contributed by atoms with Crippen LogP contribution in [-0.4, -0.2) is 16.9 Å². The molecule has 0 aromatic rings. The lowest BCUT2D eigenvalue weighted by Gasteiger charge is -2.57. The van der Waals surface area contributed by atoms with Gasteiger partial charge in [-0.2, -0.15) is 5.10 Å². The first-order chi connectivity index (χ1) is 11.2. The smallest absolute Gasteiger partial charge is 0.0577 e. The Morgan fingerprint density at radius 2 is 1.95 bits per heavy atom. The van der Waals surface area contributed by atoms with Crippen LogP contribution >= 0.6 is 0 Å². The third kappa shape index (κ3) is 1.81. The molecule has 0 saturated heterocycles. The van der Waals surface area contributed by atoms with Crippen LogP contribution in [0.15, 0.2) is 16.8 Å². The van der Waals surface area contributed by atoms with E-state index in [1.54, 1.807) is 0 Å². The van der Waals surface area contributed by atoms with Gasteiger partial charge in [0.15, 0.2) is 0 Å². The van der Waals surface area contributed by atoms with Crippen LogP contribution in [0.5, 0.6) is 0 Å². The van der Waals surface area contributed by atoms with Crippen molar-refractivity contribution in [1.82, 2.24) is 0 Å². The van der Waals surface area contributed by atoms with Gasteiger partial charge in [-0.25, -0.2) is 0 Å². The topological polar surface area (TPSA) is 58.6 Å². The van der Waals surface area contributed by atoms with Crippen LogP contribution in [0.3, 0.4) is 0 Å². The van der Waals surface area contributed by atoms with E-state index in [0.717, 1.165) is 38.5 Å². The standard InChI is InChI=1S/C19H30N2O/c1-18-9-7-13(22)11-12(18)3-4-14-15-5-6-17(21-20)19(15,2)10-8-16(14)18/h3,13-16,22H,4-11,20H2,1-2H3/b21-17+/t13-,14?,15?,16?,18-,19-/m0/s1/i6D2. The molecular weight excluding hydrogens is 272 g/mol. The Balaban J connectivity index is 1.72. The Hall–Kier alpha value is -0.830. The second-order valence-electron chi connectivity index (χ2n) is 8.47. The number of hydrazone groups is 1. The number of hydrogen-bond acceptors (Lipinski definition) is 3. The predicted molar refractivity (Wildman–Crippen MR) is 89.3 cm³/mol. The number of aliphatic hydroxyl groups excluding tert-OH is 1. The molecule has 0 bridgehead atoms. The average molecular weight is 304 g/mol. The van der Waals surface area contributed by atoms with Crippen LogP contribution in [0.4, 0.5) is 0 Å². The Morgan fingerprint density at radius 1 is 1.23 bits per heavy atom. The molecule has 4 rings (SSSR count). The molecule has 3 saturated carbocycles. The summed E-state index contributed by atoms with van der Waals surface area (Å²) in [7, 11) is 0. The molecule has 22 heavy (non-hydrogen) atoms. The molecule has 0 aliphatic heterocycles. The molecule has 3 nitrogen and oxygen atoms in total. The lowest BCUT2D eigenvalue weighted by atomic mass is 9.48. The fourth-order valence-electron chi connectivity index (χ4n) is 6.23. The van der Waals surface area contributed by atoms with E-state index in [9.17, 15) is 5.11 Å². The van der Waals surface area contributed by atoms with Crippen LogP contribution in [-0.2, 0) is 0 Å². The fourth-order valence-corrected chi connectivity index (χ4v) is 6.23. The zero-order valence-electron chi connectivity index (χ0n) is 15.8. The minimum Gasteiger partial charge on any atom is -0.393 e. The van der Waals surface area contributed by atoms with Crippen LogP contribution in [0.25, 0.3) is 0 Å². The van der Waals surface area contributed by atoms with E-state index in [1.807, 2.05) is 0 Å². The van der Waals surface area contributed by atoms with Crippen molar-refractivity contribution in [1.29, 1.82) is 0 Å². The minimum absolute atomic E-state index is 0.175. The monoisotopic (exact) mass is 304 g/mol. The summed E-state index contributed by atoms with van der Waals surface area (Å²) in [6.45, 7) is 4.59. The van der Waals surface area contributed by atoms with Crippen molar-refractivity contribution < 1.29 is 7.85 Å². The Labute approximate surface area is 136 Å². The molecule has 122 valence electrons. The molecule has 0 aromatic carbocycles. The maximum absolute atomic E-state index is 10.1. The number of rotatable bonds is 0. The number of nitrogens with zero attached hydrogens (tertiary/aromatic N) is 1. The SMILES string of the molecule is [2H]C1([2H])CC2C3CC=C4C[C@@H](O)CC[C@]4(C)C3CC[C@]2(C)/C1=N/N. The van der Waals surface area contributed by atoms with E-state index < -0.39 is 6.37 Å². The third-order valence-electron chi connectivity index (χ3n) is 7.63. The lowest BCUT2D eigenvalue weighted by Crippen LogP contribution is -2.50. The molecule has 4 aliphatic carbocycles. The normalized spacial score (nSPS) is 56.3. The van der Waals surface area contributed by atoms with E-state index in [0.29, 0.717) is 29.9 Å². The molecule has 6 atom stereocenters. The van der Waals surface area contributed by atoms with Crippen molar-refractivity contribution >= 4 is 5.71 Å². The van der Waals surface area contributed by atoms with Crippen LogP contribution in [0.1, 0.15) is 67.9 Å². The van der Waals surface area contributed by atoms with Crippen LogP contribution in [0, 0.1) is 28.6 Å². The quantitative estimate of drug-likeness (QED) is 0.408. The summed E-state index contributed by atoms with van der Waals surface area (Å²) in [4.78, 5) is 0. The predicted octanol–water partition coefficient (Wildman–Crippen LogP) is 3.62. The van der Waals surface area contributed by atoms with Gasteiger partial charge in [-0.15, -0.1) is 0 Å². The van der Waals surface area contributed by atoms with Gasteiger partial charge in [0.25, 0.3) is 0 Å². The van der Waals surface area contributed by atoms with E-state index in [-0.39, 0.29) is 16.9 Å². The van der Waals surface area contributed by atoms with Crippen molar-refractivity contribution in [3.05, 3.63) is 11.6 Å². The first-order valence-electron chi connectivity index (χ1n) is 9.89.